The van der Waals surface area contributed by atoms with Crippen molar-refractivity contribution < 1.29 is 9.59 Å². The van der Waals surface area contributed by atoms with Crippen molar-refractivity contribution in [1.82, 2.24) is 15.5 Å². The second-order valence-electron chi connectivity index (χ2n) is 7.78. The minimum Gasteiger partial charge on any atom is -0.348 e. The van der Waals surface area contributed by atoms with E-state index in [0.717, 1.165) is 24.0 Å². The molecule has 2 rings (SSSR count). The van der Waals surface area contributed by atoms with Gasteiger partial charge in [0.15, 0.2) is 0 Å². The highest BCUT2D eigenvalue weighted by Crippen LogP contribution is 2.14. The molecular formula is C25H35N3O2. The Morgan fingerprint density at radius 2 is 1.10 bits per heavy atom. The monoisotopic (exact) mass is 409 g/mol. The Balaban J connectivity index is 1.97. The van der Waals surface area contributed by atoms with Crippen LogP contribution in [0.3, 0.4) is 0 Å². The molecule has 0 fully saturated rings. The molecule has 0 spiro atoms. The van der Waals surface area contributed by atoms with E-state index in [1.807, 2.05) is 79.4 Å². The number of carbonyl (C=O) groups is 2. The van der Waals surface area contributed by atoms with Crippen LogP contribution in [0.25, 0.3) is 0 Å². The highest BCUT2D eigenvalue weighted by Gasteiger charge is 2.23. The molecular weight excluding hydrogens is 374 g/mol. The largest absolute Gasteiger partial charge is 0.348 e. The van der Waals surface area contributed by atoms with Gasteiger partial charge in [0, 0.05) is 6.04 Å². The number of hydrogen-bond donors (Lipinski definition) is 2. The summed E-state index contributed by atoms with van der Waals surface area (Å²) in [5, 5.41) is 6.11. The van der Waals surface area contributed by atoms with Gasteiger partial charge in [-0.15, -0.1) is 0 Å². The maximum atomic E-state index is 12.7. The van der Waals surface area contributed by atoms with E-state index in [1.54, 1.807) is 0 Å². The molecule has 0 heterocycles. The van der Waals surface area contributed by atoms with E-state index in [2.05, 4.69) is 24.5 Å². The van der Waals surface area contributed by atoms with Gasteiger partial charge in [-0.2, -0.15) is 0 Å². The van der Waals surface area contributed by atoms with Crippen molar-refractivity contribution in [2.45, 2.75) is 58.7 Å². The molecule has 2 N–H and O–H groups in total. The summed E-state index contributed by atoms with van der Waals surface area (Å²) >= 11 is 0. The van der Waals surface area contributed by atoms with Crippen molar-refractivity contribution >= 4 is 11.8 Å². The van der Waals surface area contributed by atoms with E-state index in [0.29, 0.717) is 0 Å². The van der Waals surface area contributed by atoms with E-state index in [4.69, 9.17) is 0 Å². The van der Waals surface area contributed by atoms with Crippen LogP contribution in [-0.2, 0) is 9.59 Å². The van der Waals surface area contributed by atoms with Gasteiger partial charge in [-0.05, 0) is 37.8 Å². The van der Waals surface area contributed by atoms with E-state index in [1.165, 1.54) is 0 Å². The minimum absolute atomic E-state index is 0.0674. The number of nitrogens with one attached hydrogen (secondary N) is 2. The van der Waals surface area contributed by atoms with Crippen LogP contribution in [0, 0.1) is 0 Å². The highest BCUT2D eigenvalue weighted by atomic mass is 16.2. The van der Waals surface area contributed by atoms with Gasteiger partial charge >= 0.3 is 0 Å². The zero-order valence-electron chi connectivity index (χ0n) is 18.6. The number of nitrogens with zero attached hydrogens (tertiary/aromatic N) is 1. The fraction of sp³-hybridized carbons (Fsp3) is 0.440. The zero-order chi connectivity index (χ0) is 21.9. The van der Waals surface area contributed by atoms with Gasteiger partial charge in [0.25, 0.3) is 0 Å². The van der Waals surface area contributed by atoms with Crippen molar-refractivity contribution in [2.75, 3.05) is 13.1 Å². The average molecular weight is 410 g/mol. The molecule has 162 valence electrons. The number of hydrogen-bond acceptors (Lipinski definition) is 3. The van der Waals surface area contributed by atoms with Gasteiger partial charge in [-0.1, -0.05) is 74.5 Å². The van der Waals surface area contributed by atoms with Crippen LogP contribution in [0.2, 0.25) is 0 Å². The smallest absolute Gasteiger partial charge is 0.234 e. The van der Waals surface area contributed by atoms with Crippen LogP contribution in [-0.4, -0.2) is 35.8 Å². The summed E-state index contributed by atoms with van der Waals surface area (Å²) in [6, 6.07) is 19.8. The van der Waals surface area contributed by atoms with Crippen LogP contribution in [0.4, 0.5) is 0 Å². The van der Waals surface area contributed by atoms with Gasteiger partial charge in [-0.25, -0.2) is 0 Å². The van der Waals surface area contributed by atoms with E-state index in [-0.39, 0.29) is 43.0 Å². The predicted molar refractivity (Wildman–Crippen MR) is 122 cm³/mol. The number of amides is 2. The molecule has 0 saturated carbocycles. The van der Waals surface area contributed by atoms with Gasteiger partial charge in [0.2, 0.25) is 11.8 Å². The summed E-state index contributed by atoms with van der Waals surface area (Å²) in [4.78, 5) is 27.4. The molecule has 0 aliphatic heterocycles. The first kappa shape index (κ1) is 23.6. The maximum Gasteiger partial charge on any atom is 0.234 e. The van der Waals surface area contributed by atoms with Gasteiger partial charge in [-0.3, -0.25) is 14.5 Å². The van der Waals surface area contributed by atoms with Crippen LogP contribution < -0.4 is 10.6 Å². The van der Waals surface area contributed by atoms with Crippen LogP contribution >= 0.6 is 0 Å². The van der Waals surface area contributed by atoms with Crippen molar-refractivity contribution in [3.8, 4) is 0 Å². The molecule has 30 heavy (non-hydrogen) atoms. The Hall–Kier alpha value is -2.66. The Bertz CT molecular complexity index is 714. The Labute approximate surface area is 180 Å². The second-order valence-corrected chi connectivity index (χ2v) is 7.78. The first-order chi connectivity index (χ1) is 14.4. The highest BCUT2D eigenvalue weighted by molar-refractivity contribution is 5.81. The summed E-state index contributed by atoms with van der Waals surface area (Å²) in [5.74, 6) is -0.135. The summed E-state index contributed by atoms with van der Waals surface area (Å²) < 4.78 is 0. The summed E-state index contributed by atoms with van der Waals surface area (Å²) in [5.41, 5.74) is 2.13. The molecule has 2 atom stereocenters. The Kier molecular flexibility index (Phi) is 9.55. The molecule has 5 nitrogen and oxygen atoms in total. The SMILES string of the molecule is CCC(CC)N(CC(=O)N[C@H](C)c1ccccc1)CC(=O)N[C@H](C)c1ccccc1. The van der Waals surface area contributed by atoms with Crippen LogP contribution in [0.15, 0.2) is 60.7 Å². The fourth-order valence-corrected chi connectivity index (χ4v) is 3.71. The minimum atomic E-state index is -0.0748. The summed E-state index contributed by atoms with van der Waals surface area (Å²) in [6.45, 7) is 8.55. The molecule has 0 radical (unpaired) electrons. The van der Waals surface area contributed by atoms with Crippen LogP contribution in [0.5, 0.6) is 0 Å². The van der Waals surface area contributed by atoms with Crippen molar-refractivity contribution in [1.29, 1.82) is 0 Å². The van der Waals surface area contributed by atoms with Gasteiger partial charge in [0.05, 0.1) is 25.2 Å². The number of carbonyl (C=O) groups excluding carboxylic acids is 2. The molecule has 0 unspecified atom stereocenters. The van der Waals surface area contributed by atoms with E-state index < -0.39 is 0 Å². The molecule has 0 aliphatic rings. The van der Waals surface area contributed by atoms with Gasteiger partial charge in [0.1, 0.15) is 0 Å². The Morgan fingerprint density at radius 1 is 0.733 bits per heavy atom. The lowest BCUT2D eigenvalue weighted by atomic mass is 10.1. The first-order valence-corrected chi connectivity index (χ1v) is 10.9. The lowest BCUT2D eigenvalue weighted by Crippen LogP contribution is -2.48. The zero-order valence-corrected chi connectivity index (χ0v) is 18.6. The molecule has 0 saturated heterocycles. The molecule has 0 aliphatic carbocycles. The van der Waals surface area contributed by atoms with Gasteiger partial charge < -0.3 is 10.6 Å². The molecule has 2 amide bonds. The third-order valence-corrected chi connectivity index (χ3v) is 5.51. The van der Waals surface area contributed by atoms with E-state index in [9.17, 15) is 9.59 Å². The fourth-order valence-electron chi connectivity index (χ4n) is 3.71. The predicted octanol–water partition coefficient (Wildman–Crippen LogP) is 4.23. The van der Waals surface area contributed by atoms with E-state index >= 15 is 0 Å². The molecule has 0 aromatic heterocycles. The standard InChI is InChI=1S/C25H35N3O2/c1-5-23(6-2)28(17-24(29)26-19(3)21-13-9-7-10-14-21)18-25(30)27-20(4)22-15-11-8-12-16-22/h7-16,19-20,23H,5-6,17-18H2,1-4H3,(H,26,29)(H,27,30)/t19-,20-/m1/s1. The average Bonchev–Trinajstić information content (AvgIpc) is 2.75. The van der Waals surface area contributed by atoms with Crippen LogP contribution in [0.1, 0.15) is 63.7 Å². The maximum absolute atomic E-state index is 12.7. The molecule has 5 heteroatoms. The topological polar surface area (TPSA) is 61.4 Å². The second kappa shape index (κ2) is 12.1. The number of benzene rings is 2. The summed E-state index contributed by atoms with van der Waals surface area (Å²) in [6.07, 6.45) is 1.78. The number of rotatable bonds is 11. The molecule has 2 aromatic carbocycles. The Morgan fingerprint density at radius 3 is 1.43 bits per heavy atom. The van der Waals surface area contributed by atoms with Crippen molar-refractivity contribution in [3.05, 3.63) is 71.8 Å². The molecule has 0 bridgehead atoms. The normalized spacial score (nSPS) is 13.1. The van der Waals surface area contributed by atoms with Crippen molar-refractivity contribution in [2.24, 2.45) is 0 Å². The quantitative estimate of drug-likeness (QED) is 0.584. The third kappa shape index (κ3) is 7.30. The lowest BCUT2D eigenvalue weighted by molar-refractivity contribution is -0.126. The third-order valence-electron chi connectivity index (χ3n) is 5.51. The first-order valence-electron chi connectivity index (χ1n) is 10.9. The summed E-state index contributed by atoms with van der Waals surface area (Å²) in [7, 11) is 0. The molecule has 2 aromatic rings. The van der Waals surface area contributed by atoms with Crippen molar-refractivity contribution in [3.63, 3.8) is 0 Å². The lowest BCUT2D eigenvalue weighted by Gasteiger charge is -2.30.